The summed E-state index contributed by atoms with van der Waals surface area (Å²) in [5, 5.41) is 2.38. The topological polar surface area (TPSA) is 32.3 Å². The Morgan fingerprint density at radius 1 is 1.12 bits per heavy atom. The lowest BCUT2D eigenvalue weighted by Gasteiger charge is -2.19. The Balaban J connectivity index is 2.25. The third kappa shape index (κ3) is 4.28. The van der Waals surface area contributed by atoms with Crippen molar-refractivity contribution in [3.05, 3.63) is 59.2 Å². The summed E-state index contributed by atoms with van der Waals surface area (Å²) in [6.07, 6.45) is -4.52. The summed E-state index contributed by atoms with van der Waals surface area (Å²) in [6, 6.07) is 11.1. The van der Waals surface area contributed by atoms with Gasteiger partial charge in [0.15, 0.2) is 0 Å². The number of hydrogen-bond acceptors (Lipinski definition) is 2. The molecule has 0 fully saturated rings. The highest BCUT2D eigenvalue weighted by atomic mass is 19.4. The monoisotopic (exact) mass is 336 g/mol. The van der Waals surface area contributed by atoms with Gasteiger partial charge in [0.05, 0.1) is 17.7 Å². The van der Waals surface area contributed by atoms with Crippen LogP contribution in [0.15, 0.2) is 42.5 Å². The number of anilines is 2. The van der Waals surface area contributed by atoms with Crippen LogP contribution in [0.1, 0.15) is 16.7 Å². The molecule has 0 saturated carbocycles. The zero-order valence-electron chi connectivity index (χ0n) is 13.7. The molecule has 0 spiro atoms. The number of hydrogen-bond donors (Lipinski definition) is 1. The van der Waals surface area contributed by atoms with E-state index >= 15 is 0 Å². The summed E-state index contributed by atoms with van der Waals surface area (Å²) in [4.78, 5) is 13.7. The van der Waals surface area contributed by atoms with Crippen molar-refractivity contribution in [2.24, 2.45) is 0 Å². The second-order valence-electron chi connectivity index (χ2n) is 5.77. The van der Waals surface area contributed by atoms with Crippen LogP contribution >= 0.6 is 0 Å². The van der Waals surface area contributed by atoms with Gasteiger partial charge in [0.25, 0.3) is 0 Å². The Hall–Kier alpha value is -2.50. The molecule has 1 N–H and O–H groups in total. The molecule has 0 saturated heterocycles. The van der Waals surface area contributed by atoms with Crippen molar-refractivity contribution < 1.29 is 18.0 Å². The zero-order chi connectivity index (χ0) is 17.9. The smallest absolute Gasteiger partial charge is 0.378 e. The van der Waals surface area contributed by atoms with Crippen molar-refractivity contribution >= 4 is 17.3 Å². The number of alkyl halides is 3. The average molecular weight is 336 g/mol. The number of benzene rings is 2. The first kappa shape index (κ1) is 17.8. The second-order valence-corrected chi connectivity index (χ2v) is 5.77. The Kier molecular flexibility index (Phi) is 5.17. The van der Waals surface area contributed by atoms with Crippen molar-refractivity contribution in [2.75, 3.05) is 24.3 Å². The predicted octanol–water partition coefficient (Wildman–Crippen LogP) is 4.26. The first-order chi connectivity index (χ1) is 11.2. The maximum absolute atomic E-state index is 13.3. The molecule has 0 aliphatic rings. The number of nitrogens with one attached hydrogen (secondary N) is 1. The first-order valence-electron chi connectivity index (χ1n) is 7.41. The van der Waals surface area contributed by atoms with E-state index < -0.39 is 17.6 Å². The molecule has 6 heteroatoms. The molecule has 1 amide bonds. The molecular formula is C18H19F3N2O. The Morgan fingerprint density at radius 3 is 2.38 bits per heavy atom. The largest absolute Gasteiger partial charge is 0.418 e. The Bertz CT molecular complexity index is 739. The highest BCUT2D eigenvalue weighted by Gasteiger charge is 2.34. The van der Waals surface area contributed by atoms with E-state index in [9.17, 15) is 18.0 Å². The highest BCUT2D eigenvalue weighted by Crippen LogP contribution is 2.37. The quantitative estimate of drug-likeness (QED) is 0.905. The number of aryl methyl sites for hydroxylation is 1. The van der Waals surface area contributed by atoms with Crippen LogP contribution in [0.2, 0.25) is 0 Å². The van der Waals surface area contributed by atoms with Crippen LogP contribution in [0.4, 0.5) is 24.5 Å². The molecule has 0 bridgehead atoms. The van der Waals surface area contributed by atoms with Gasteiger partial charge in [0, 0.05) is 19.8 Å². The van der Waals surface area contributed by atoms with E-state index in [-0.39, 0.29) is 12.1 Å². The molecule has 0 aliphatic carbocycles. The molecule has 0 heterocycles. The van der Waals surface area contributed by atoms with Crippen molar-refractivity contribution in [3.8, 4) is 0 Å². The standard InChI is InChI=1S/C18H19F3N2O/c1-12-6-4-5-7-13(12)10-17(24)22-16-9-8-14(23(2)3)11-15(16)18(19,20)21/h4-9,11H,10H2,1-3H3,(H,22,24). The first-order valence-corrected chi connectivity index (χ1v) is 7.41. The summed E-state index contributed by atoms with van der Waals surface area (Å²) in [7, 11) is 3.32. The van der Waals surface area contributed by atoms with Gasteiger partial charge in [-0.1, -0.05) is 24.3 Å². The van der Waals surface area contributed by atoms with Gasteiger partial charge in [0.2, 0.25) is 5.91 Å². The summed E-state index contributed by atoms with van der Waals surface area (Å²) in [5.74, 6) is -0.479. The highest BCUT2D eigenvalue weighted by molar-refractivity contribution is 5.93. The van der Waals surface area contributed by atoms with Gasteiger partial charge in [-0.05, 0) is 36.2 Å². The molecule has 0 atom stereocenters. The fourth-order valence-corrected chi connectivity index (χ4v) is 2.33. The minimum atomic E-state index is -4.54. The van der Waals surface area contributed by atoms with Crippen molar-refractivity contribution in [1.82, 2.24) is 0 Å². The molecule has 0 aromatic heterocycles. The molecular weight excluding hydrogens is 317 g/mol. The average Bonchev–Trinajstić information content (AvgIpc) is 2.48. The number of nitrogens with zero attached hydrogens (tertiary/aromatic N) is 1. The maximum Gasteiger partial charge on any atom is 0.418 e. The van der Waals surface area contributed by atoms with Gasteiger partial charge in [-0.2, -0.15) is 13.2 Å². The second kappa shape index (κ2) is 6.95. The minimum absolute atomic E-state index is 0.0272. The van der Waals surface area contributed by atoms with Gasteiger partial charge in [-0.3, -0.25) is 4.79 Å². The lowest BCUT2D eigenvalue weighted by molar-refractivity contribution is -0.136. The molecule has 0 unspecified atom stereocenters. The Morgan fingerprint density at radius 2 is 1.79 bits per heavy atom. The number of rotatable bonds is 4. The molecule has 2 aromatic rings. The fourth-order valence-electron chi connectivity index (χ4n) is 2.33. The molecule has 128 valence electrons. The molecule has 2 rings (SSSR count). The third-order valence-electron chi connectivity index (χ3n) is 3.71. The van der Waals surface area contributed by atoms with Gasteiger partial charge >= 0.3 is 6.18 Å². The van der Waals surface area contributed by atoms with Gasteiger partial charge in [-0.25, -0.2) is 0 Å². The van der Waals surface area contributed by atoms with Crippen molar-refractivity contribution in [3.63, 3.8) is 0 Å². The molecule has 0 radical (unpaired) electrons. The third-order valence-corrected chi connectivity index (χ3v) is 3.71. The molecule has 0 aliphatic heterocycles. The van der Waals surface area contributed by atoms with E-state index in [1.165, 1.54) is 6.07 Å². The van der Waals surface area contributed by atoms with Crippen molar-refractivity contribution in [1.29, 1.82) is 0 Å². The summed E-state index contributed by atoms with van der Waals surface area (Å²) in [5.41, 5.74) is 1.04. The van der Waals surface area contributed by atoms with E-state index in [4.69, 9.17) is 0 Å². The Labute approximate surface area is 139 Å². The maximum atomic E-state index is 13.3. The van der Waals surface area contributed by atoms with Gasteiger partial charge in [-0.15, -0.1) is 0 Å². The minimum Gasteiger partial charge on any atom is -0.378 e. The normalized spacial score (nSPS) is 11.2. The van der Waals surface area contributed by atoms with Crippen LogP contribution < -0.4 is 10.2 Å². The van der Waals surface area contributed by atoms with Crippen LogP contribution in [0.25, 0.3) is 0 Å². The van der Waals surface area contributed by atoms with Crippen molar-refractivity contribution in [2.45, 2.75) is 19.5 Å². The van der Waals surface area contributed by atoms with E-state index in [2.05, 4.69) is 5.32 Å². The number of amides is 1. The molecule has 3 nitrogen and oxygen atoms in total. The SMILES string of the molecule is Cc1ccccc1CC(=O)Nc1ccc(N(C)C)cc1C(F)(F)F. The number of halogens is 3. The van der Waals surface area contributed by atoms with Crippen LogP contribution in [0.3, 0.4) is 0 Å². The number of carbonyl (C=O) groups is 1. The van der Waals surface area contributed by atoms with Crippen LogP contribution in [-0.4, -0.2) is 20.0 Å². The van der Waals surface area contributed by atoms with E-state index in [1.54, 1.807) is 37.2 Å². The van der Waals surface area contributed by atoms with Crippen LogP contribution in [0.5, 0.6) is 0 Å². The summed E-state index contributed by atoms with van der Waals surface area (Å²) >= 11 is 0. The van der Waals surface area contributed by atoms with E-state index in [1.807, 2.05) is 19.1 Å². The van der Waals surface area contributed by atoms with Crippen LogP contribution in [-0.2, 0) is 17.4 Å². The van der Waals surface area contributed by atoms with Gasteiger partial charge in [0.1, 0.15) is 0 Å². The van der Waals surface area contributed by atoms with E-state index in [0.29, 0.717) is 5.69 Å². The lowest BCUT2D eigenvalue weighted by Crippen LogP contribution is -2.19. The van der Waals surface area contributed by atoms with E-state index in [0.717, 1.165) is 17.2 Å². The summed E-state index contributed by atoms with van der Waals surface area (Å²) in [6.45, 7) is 1.86. The van der Waals surface area contributed by atoms with Gasteiger partial charge < -0.3 is 10.2 Å². The zero-order valence-corrected chi connectivity index (χ0v) is 13.7. The lowest BCUT2D eigenvalue weighted by atomic mass is 10.1. The fraction of sp³-hybridized carbons (Fsp3) is 0.278. The predicted molar refractivity (Wildman–Crippen MR) is 89.3 cm³/mol. The summed E-state index contributed by atoms with van der Waals surface area (Å²) < 4.78 is 39.8. The molecule has 2 aromatic carbocycles. The molecule has 24 heavy (non-hydrogen) atoms. The van der Waals surface area contributed by atoms with Crippen LogP contribution in [0, 0.1) is 6.92 Å². The number of carbonyl (C=O) groups excluding carboxylic acids is 1.